The zero-order chi connectivity index (χ0) is 14.4. The van der Waals surface area contributed by atoms with E-state index in [0.29, 0.717) is 0 Å². The minimum atomic E-state index is -0.187. The van der Waals surface area contributed by atoms with Crippen LogP contribution in [0.1, 0.15) is 50.5 Å². The molecular weight excluding hydrogens is 319 g/mol. The Kier molecular flexibility index (Phi) is 6.46. The fourth-order valence-electron chi connectivity index (χ4n) is 3.18. The summed E-state index contributed by atoms with van der Waals surface area (Å²) in [4.78, 5) is 0. The molecule has 20 heavy (non-hydrogen) atoms. The molecule has 1 aliphatic rings. The molecule has 1 aliphatic carbocycles. The lowest BCUT2D eigenvalue weighted by atomic mass is 9.90. The van der Waals surface area contributed by atoms with Crippen molar-refractivity contribution in [1.29, 1.82) is 0 Å². The summed E-state index contributed by atoms with van der Waals surface area (Å²) in [7, 11) is 0. The van der Waals surface area contributed by atoms with Crippen molar-refractivity contribution in [3.63, 3.8) is 0 Å². The van der Waals surface area contributed by atoms with E-state index in [4.69, 9.17) is 5.84 Å². The third kappa shape index (κ3) is 4.83. The van der Waals surface area contributed by atoms with Gasteiger partial charge in [0.1, 0.15) is 5.82 Å². The molecule has 0 bridgehead atoms. The van der Waals surface area contributed by atoms with Crippen molar-refractivity contribution >= 4 is 15.9 Å². The molecule has 0 amide bonds. The summed E-state index contributed by atoms with van der Waals surface area (Å²) in [5, 5.41) is 0. The molecule has 0 aliphatic heterocycles. The van der Waals surface area contributed by atoms with Gasteiger partial charge < -0.3 is 0 Å². The quantitative estimate of drug-likeness (QED) is 0.475. The lowest BCUT2D eigenvalue weighted by Crippen LogP contribution is -2.38. The lowest BCUT2D eigenvalue weighted by Gasteiger charge is -2.22. The van der Waals surface area contributed by atoms with Crippen LogP contribution in [-0.2, 0) is 6.42 Å². The minimum Gasteiger partial charge on any atom is -0.271 e. The van der Waals surface area contributed by atoms with E-state index >= 15 is 0 Å². The molecule has 0 saturated heterocycles. The first-order valence-electron chi connectivity index (χ1n) is 7.59. The second kappa shape index (κ2) is 8.11. The van der Waals surface area contributed by atoms with E-state index in [2.05, 4.69) is 21.4 Å². The van der Waals surface area contributed by atoms with Crippen molar-refractivity contribution in [2.24, 2.45) is 11.8 Å². The molecule has 1 unspecified atom stereocenters. The Morgan fingerprint density at radius 3 is 2.60 bits per heavy atom. The molecule has 0 heterocycles. The third-order valence-corrected chi connectivity index (χ3v) is 5.08. The minimum absolute atomic E-state index is 0.187. The van der Waals surface area contributed by atoms with Gasteiger partial charge >= 0.3 is 0 Å². The molecule has 1 aromatic rings. The predicted octanol–water partition coefficient (Wildman–Crippen LogP) is 4.32. The Morgan fingerprint density at radius 2 is 1.95 bits per heavy atom. The van der Waals surface area contributed by atoms with Gasteiger partial charge in [0.25, 0.3) is 0 Å². The van der Waals surface area contributed by atoms with Crippen molar-refractivity contribution in [3.05, 3.63) is 34.1 Å². The van der Waals surface area contributed by atoms with Crippen LogP contribution in [0.15, 0.2) is 22.7 Å². The van der Waals surface area contributed by atoms with E-state index in [1.165, 1.54) is 44.6 Å². The van der Waals surface area contributed by atoms with Crippen molar-refractivity contribution in [2.75, 3.05) is 0 Å². The zero-order valence-corrected chi connectivity index (χ0v) is 13.5. The number of hydrogen-bond acceptors (Lipinski definition) is 2. The average molecular weight is 343 g/mol. The van der Waals surface area contributed by atoms with Gasteiger partial charge in [-0.05, 0) is 42.5 Å². The van der Waals surface area contributed by atoms with Crippen LogP contribution in [0, 0.1) is 11.7 Å². The first-order valence-corrected chi connectivity index (χ1v) is 8.38. The molecule has 4 heteroatoms. The van der Waals surface area contributed by atoms with E-state index in [9.17, 15) is 4.39 Å². The van der Waals surface area contributed by atoms with Gasteiger partial charge in [-0.1, -0.05) is 54.5 Å². The monoisotopic (exact) mass is 342 g/mol. The number of benzene rings is 1. The molecule has 112 valence electrons. The summed E-state index contributed by atoms with van der Waals surface area (Å²) in [5.41, 5.74) is 3.91. The summed E-state index contributed by atoms with van der Waals surface area (Å²) < 4.78 is 14.3. The smallest absolute Gasteiger partial charge is 0.123 e. The molecule has 0 aromatic heterocycles. The van der Waals surface area contributed by atoms with Crippen LogP contribution in [0.4, 0.5) is 4.39 Å². The number of hydrazine groups is 1. The Labute approximate surface area is 129 Å². The van der Waals surface area contributed by atoms with Crippen molar-refractivity contribution in [2.45, 2.75) is 57.4 Å². The predicted molar refractivity (Wildman–Crippen MR) is 84.7 cm³/mol. The summed E-state index contributed by atoms with van der Waals surface area (Å²) >= 11 is 3.49. The fraction of sp³-hybridized carbons (Fsp3) is 0.625. The normalized spacial score (nSPS) is 18.8. The number of nitrogens with one attached hydrogen (secondary N) is 1. The van der Waals surface area contributed by atoms with E-state index in [1.54, 1.807) is 12.1 Å². The Balaban J connectivity index is 1.95. The first kappa shape index (κ1) is 15.9. The highest BCUT2D eigenvalue weighted by Crippen LogP contribution is 2.28. The van der Waals surface area contributed by atoms with Crippen LogP contribution in [0.25, 0.3) is 0 Å². The van der Waals surface area contributed by atoms with Gasteiger partial charge in [-0.25, -0.2) is 4.39 Å². The van der Waals surface area contributed by atoms with Crippen LogP contribution >= 0.6 is 15.9 Å². The van der Waals surface area contributed by atoms with Crippen LogP contribution in [0.3, 0.4) is 0 Å². The Bertz CT molecular complexity index is 417. The van der Waals surface area contributed by atoms with Crippen LogP contribution in [-0.4, -0.2) is 6.04 Å². The highest BCUT2D eigenvalue weighted by atomic mass is 79.9. The second-order valence-corrected chi connectivity index (χ2v) is 6.75. The molecule has 2 rings (SSSR count). The Morgan fingerprint density at radius 1 is 1.25 bits per heavy atom. The maximum atomic E-state index is 13.3. The summed E-state index contributed by atoms with van der Waals surface area (Å²) in [6.45, 7) is 0. The molecule has 0 radical (unpaired) electrons. The molecule has 2 nitrogen and oxygen atoms in total. The fourth-order valence-corrected chi connectivity index (χ4v) is 3.59. The van der Waals surface area contributed by atoms with Crippen LogP contribution in [0.2, 0.25) is 0 Å². The summed E-state index contributed by atoms with van der Waals surface area (Å²) in [6, 6.07) is 5.06. The van der Waals surface area contributed by atoms with E-state index in [1.807, 2.05) is 0 Å². The lowest BCUT2D eigenvalue weighted by molar-refractivity contribution is 0.352. The molecule has 1 fully saturated rings. The SMILES string of the molecule is NNC(Cc1cc(F)ccc1Br)CC1CCCCCC1. The molecule has 3 N–H and O–H groups in total. The van der Waals surface area contributed by atoms with E-state index < -0.39 is 0 Å². The van der Waals surface area contributed by atoms with Crippen molar-refractivity contribution in [3.8, 4) is 0 Å². The Hall–Kier alpha value is -0.450. The topological polar surface area (TPSA) is 38.0 Å². The number of halogens is 2. The highest BCUT2D eigenvalue weighted by molar-refractivity contribution is 9.10. The molecule has 1 atom stereocenters. The molecule has 1 saturated carbocycles. The maximum Gasteiger partial charge on any atom is 0.123 e. The zero-order valence-electron chi connectivity index (χ0n) is 11.9. The highest BCUT2D eigenvalue weighted by Gasteiger charge is 2.18. The summed E-state index contributed by atoms with van der Waals surface area (Å²) in [5.74, 6) is 6.27. The van der Waals surface area contributed by atoms with Crippen LogP contribution in [0.5, 0.6) is 0 Å². The van der Waals surface area contributed by atoms with Gasteiger partial charge in [0.15, 0.2) is 0 Å². The van der Waals surface area contributed by atoms with Gasteiger partial charge in [0.2, 0.25) is 0 Å². The van der Waals surface area contributed by atoms with Gasteiger partial charge in [-0.2, -0.15) is 0 Å². The number of nitrogens with two attached hydrogens (primary N) is 1. The number of hydrogen-bond donors (Lipinski definition) is 2. The van der Waals surface area contributed by atoms with Gasteiger partial charge in [0.05, 0.1) is 0 Å². The van der Waals surface area contributed by atoms with Crippen molar-refractivity contribution in [1.82, 2.24) is 5.43 Å². The van der Waals surface area contributed by atoms with E-state index in [0.717, 1.165) is 28.8 Å². The van der Waals surface area contributed by atoms with Crippen LogP contribution < -0.4 is 11.3 Å². The van der Waals surface area contributed by atoms with Crippen molar-refractivity contribution < 1.29 is 4.39 Å². The first-order chi connectivity index (χ1) is 9.69. The second-order valence-electron chi connectivity index (χ2n) is 5.90. The molecule has 0 spiro atoms. The van der Waals surface area contributed by atoms with Gasteiger partial charge in [0, 0.05) is 10.5 Å². The largest absolute Gasteiger partial charge is 0.271 e. The average Bonchev–Trinajstić information content (AvgIpc) is 2.70. The standard InChI is InChI=1S/C16H24BrFN2/c17-16-8-7-14(18)10-13(16)11-15(20-19)9-12-5-3-1-2-4-6-12/h7-8,10,12,15,20H,1-6,9,11,19H2. The third-order valence-electron chi connectivity index (χ3n) is 4.30. The maximum absolute atomic E-state index is 13.3. The molecule has 1 aromatic carbocycles. The molecular formula is C16H24BrFN2. The van der Waals surface area contributed by atoms with Gasteiger partial charge in [-0.15, -0.1) is 0 Å². The van der Waals surface area contributed by atoms with Gasteiger partial charge in [-0.3, -0.25) is 11.3 Å². The summed E-state index contributed by atoms with van der Waals surface area (Å²) in [6.07, 6.45) is 9.88. The van der Waals surface area contributed by atoms with E-state index in [-0.39, 0.29) is 11.9 Å². The number of rotatable bonds is 5.